The summed E-state index contributed by atoms with van der Waals surface area (Å²) in [6, 6.07) is 13.8. The zero-order valence-corrected chi connectivity index (χ0v) is 19.8. The predicted molar refractivity (Wildman–Crippen MR) is 130 cm³/mol. The van der Waals surface area contributed by atoms with Crippen molar-refractivity contribution in [1.82, 2.24) is 0 Å². The van der Waals surface area contributed by atoms with Gasteiger partial charge < -0.3 is 0 Å². The van der Waals surface area contributed by atoms with E-state index in [2.05, 4.69) is 0 Å². The molecule has 3 aromatic rings. The zero-order chi connectivity index (χ0) is 28.0. The largest absolute Gasteiger partial charge is 0.543 e. The predicted octanol–water partition coefficient (Wildman–Crippen LogP) is 2.75. The number of nitrogens with zero attached hydrogens (tertiary/aromatic N) is 6. The molecule has 38 heavy (non-hydrogen) atoms. The SMILES string of the molecule is NN(OP(=O)(ON(N)c1cccc([N+](=O)[O-])c1)ON(N)c1cccc([N+](=O)[O-])c1)c1cccc([N+](=O)[O-])c1. The first-order valence-electron chi connectivity index (χ1n) is 9.95. The molecule has 200 valence electrons. The first kappa shape index (κ1) is 27.8. The van der Waals surface area contributed by atoms with Gasteiger partial charge in [-0.05, 0) is 18.2 Å². The normalized spacial score (nSPS) is 11.0. The second kappa shape index (κ2) is 11.5. The molecule has 3 rings (SSSR count). The molecule has 0 fully saturated rings. The highest BCUT2D eigenvalue weighted by Crippen LogP contribution is 2.52. The Hall–Kier alpha value is -4.75. The van der Waals surface area contributed by atoms with Crippen LogP contribution in [0.2, 0.25) is 0 Å². The van der Waals surface area contributed by atoms with Crippen molar-refractivity contribution in [3.8, 4) is 0 Å². The van der Waals surface area contributed by atoms with Crippen LogP contribution in [-0.4, -0.2) is 14.8 Å². The molecule has 3 aromatic carbocycles. The number of hydrogen-bond donors (Lipinski definition) is 3. The van der Waals surface area contributed by atoms with Crippen LogP contribution in [0.3, 0.4) is 0 Å². The van der Waals surface area contributed by atoms with Gasteiger partial charge in [-0.15, -0.1) is 13.9 Å². The fourth-order valence-corrected chi connectivity index (χ4v) is 3.76. The van der Waals surface area contributed by atoms with E-state index < -0.39 is 39.7 Å². The Morgan fingerprint density at radius 2 is 0.842 bits per heavy atom. The van der Waals surface area contributed by atoms with Crippen LogP contribution in [0.5, 0.6) is 0 Å². The summed E-state index contributed by atoms with van der Waals surface area (Å²) in [5.74, 6) is 17.3. The summed E-state index contributed by atoms with van der Waals surface area (Å²) in [6.07, 6.45) is 0. The molecule has 19 nitrogen and oxygen atoms in total. The van der Waals surface area contributed by atoms with Gasteiger partial charge in [-0.1, -0.05) is 18.2 Å². The van der Waals surface area contributed by atoms with E-state index in [9.17, 15) is 34.9 Å². The van der Waals surface area contributed by atoms with E-state index in [-0.39, 0.29) is 17.1 Å². The van der Waals surface area contributed by atoms with Gasteiger partial charge in [-0.25, -0.2) is 22.1 Å². The lowest BCUT2D eigenvalue weighted by molar-refractivity contribution is -0.385. The van der Waals surface area contributed by atoms with Crippen LogP contribution in [0.1, 0.15) is 0 Å². The van der Waals surface area contributed by atoms with Crippen LogP contribution in [0.4, 0.5) is 34.1 Å². The first-order valence-corrected chi connectivity index (χ1v) is 11.4. The number of nitro benzene ring substituents is 3. The van der Waals surface area contributed by atoms with Crippen molar-refractivity contribution in [1.29, 1.82) is 0 Å². The monoisotopic (exact) mass is 551 g/mol. The molecular weight excluding hydrogens is 533 g/mol. The Kier molecular flexibility index (Phi) is 8.45. The van der Waals surface area contributed by atoms with Crippen molar-refractivity contribution >= 4 is 41.9 Å². The molecule has 0 spiro atoms. The van der Waals surface area contributed by atoms with Crippen LogP contribution in [0, 0.1) is 30.3 Å². The smallest absolute Gasteiger partial charge is 0.258 e. The lowest BCUT2D eigenvalue weighted by Crippen LogP contribution is -2.38. The zero-order valence-electron chi connectivity index (χ0n) is 18.9. The molecule has 20 heteroatoms. The maximum Gasteiger partial charge on any atom is 0.543 e. The van der Waals surface area contributed by atoms with Crippen molar-refractivity contribution in [3.05, 3.63) is 103 Å². The van der Waals surface area contributed by atoms with Gasteiger partial charge in [0.2, 0.25) is 0 Å². The second-order valence-corrected chi connectivity index (χ2v) is 8.38. The highest BCUT2D eigenvalue weighted by Gasteiger charge is 2.38. The number of non-ortho nitro benzene ring substituents is 3. The summed E-state index contributed by atoms with van der Waals surface area (Å²) in [5.41, 5.74) is -1.76. The van der Waals surface area contributed by atoms with E-state index in [0.29, 0.717) is 15.5 Å². The summed E-state index contributed by atoms with van der Waals surface area (Å²) >= 11 is 0. The van der Waals surface area contributed by atoms with Crippen molar-refractivity contribution < 1.29 is 33.2 Å². The summed E-state index contributed by atoms with van der Waals surface area (Å²) in [5, 5.41) is 34.1. The minimum Gasteiger partial charge on any atom is -0.258 e. The van der Waals surface area contributed by atoms with Crippen LogP contribution < -0.4 is 33.0 Å². The van der Waals surface area contributed by atoms with Gasteiger partial charge in [-0.3, -0.25) is 30.3 Å². The van der Waals surface area contributed by atoms with E-state index in [1.165, 1.54) is 36.4 Å². The maximum absolute atomic E-state index is 13.6. The average Bonchev–Trinajstić information content (AvgIpc) is 2.88. The van der Waals surface area contributed by atoms with Crippen molar-refractivity contribution in [2.24, 2.45) is 17.5 Å². The fraction of sp³-hybridized carbons (Fsp3) is 0. The second-order valence-electron chi connectivity index (χ2n) is 7.00. The highest BCUT2D eigenvalue weighted by atomic mass is 31.2. The van der Waals surface area contributed by atoms with Crippen molar-refractivity contribution in [2.75, 3.05) is 15.5 Å². The molecule has 0 unspecified atom stereocenters. The molecule has 0 heterocycles. The molecule has 0 aliphatic heterocycles. The Labute approximate surface area is 211 Å². The maximum atomic E-state index is 13.6. The minimum atomic E-state index is -5.11. The third-order valence-electron chi connectivity index (χ3n) is 4.45. The van der Waals surface area contributed by atoms with E-state index in [1.807, 2.05) is 0 Å². The number of nitrogens with two attached hydrogens (primary N) is 3. The third-order valence-corrected chi connectivity index (χ3v) is 5.58. The molecule has 0 bridgehead atoms. The van der Waals surface area contributed by atoms with Crippen LogP contribution in [-0.2, 0) is 18.4 Å². The van der Waals surface area contributed by atoms with E-state index in [1.54, 1.807) is 0 Å². The van der Waals surface area contributed by atoms with Crippen LogP contribution in [0.25, 0.3) is 0 Å². The lowest BCUT2D eigenvalue weighted by Gasteiger charge is -2.29. The molecule has 0 aromatic heterocycles. The Morgan fingerprint density at radius 3 is 1.08 bits per heavy atom. The number of benzene rings is 3. The van der Waals surface area contributed by atoms with E-state index >= 15 is 0 Å². The Bertz CT molecular complexity index is 1250. The average molecular weight is 551 g/mol. The molecule has 0 radical (unpaired) electrons. The number of anilines is 3. The Balaban J connectivity index is 1.93. The molecule has 0 aliphatic carbocycles. The summed E-state index contributed by atoms with van der Waals surface area (Å²) in [6.45, 7) is 0. The number of nitro groups is 3. The van der Waals surface area contributed by atoms with Crippen molar-refractivity contribution in [2.45, 2.75) is 0 Å². The summed E-state index contributed by atoms with van der Waals surface area (Å²) in [4.78, 5) is 31.1. The number of rotatable bonds is 12. The van der Waals surface area contributed by atoms with Gasteiger partial charge >= 0.3 is 7.82 Å². The minimum absolute atomic E-state index is 0.190. The van der Waals surface area contributed by atoms with E-state index in [0.717, 1.165) is 36.4 Å². The number of phosphoric acid groups is 1. The highest BCUT2D eigenvalue weighted by molar-refractivity contribution is 7.48. The molecule has 0 aliphatic rings. The van der Waals surface area contributed by atoms with Gasteiger partial charge in [0.25, 0.3) is 17.1 Å². The molecule has 0 amide bonds. The van der Waals surface area contributed by atoms with Crippen LogP contribution in [0.15, 0.2) is 72.8 Å². The van der Waals surface area contributed by atoms with Crippen LogP contribution >= 0.6 is 7.82 Å². The number of hydrogen-bond acceptors (Lipinski definition) is 16. The number of hydrazine groups is 3. The summed E-state index contributed by atoms with van der Waals surface area (Å²) < 4.78 is 28.8. The standard InChI is InChI=1S/C18H18N9O10P/c19-22(13-4-1-7-16(10-13)25(28)29)35-38(34,36-23(20)14-5-2-8-17(11-14)26(30)31)37-24(21)15-6-3-9-18(12-15)27(32)33/h1-12H,19-21H2. The third kappa shape index (κ3) is 6.93. The van der Waals surface area contributed by atoms with Gasteiger partial charge in [-0.2, -0.15) is 15.5 Å². The van der Waals surface area contributed by atoms with E-state index in [4.69, 9.17) is 31.4 Å². The molecule has 0 saturated carbocycles. The van der Waals surface area contributed by atoms with Gasteiger partial charge in [0.1, 0.15) is 0 Å². The molecule has 0 atom stereocenters. The first-order chi connectivity index (χ1) is 17.9. The van der Waals surface area contributed by atoms with Gasteiger partial charge in [0.15, 0.2) is 0 Å². The molecule has 0 saturated heterocycles. The quantitative estimate of drug-likeness (QED) is 0.126. The topological polar surface area (TPSA) is 262 Å². The lowest BCUT2D eigenvalue weighted by atomic mass is 10.3. The van der Waals surface area contributed by atoms with Gasteiger partial charge in [0, 0.05) is 36.4 Å². The molecule has 6 N–H and O–H groups in total. The molecular formula is C18H18N9O10P. The summed E-state index contributed by atoms with van der Waals surface area (Å²) in [7, 11) is -5.11. The van der Waals surface area contributed by atoms with Crippen molar-refractivity contribution in [3.63, 3.8) is 0 Å². The van der Waals surface area contributed by atoms with Gasteiger partial charge in [0.05, 0.1) is 31.8 Å². The fourth-order valence-electron chi connectivity index (χ4n) is 2.74. The Morgan fingerprint density at radius 1 is 0.579 bits per heavy atom.